The molecule has 26 heavy (non-hydrogen) atoms. The number of alkyl halides is 3. The van der Waals surface area contributed by atoms with Gasteiger partial charge in [0.2, 0.25) is 0 Å². The van der Waals surface area contributed by atoms with Gasteiger partial charge >= 0.3 is 12.2 Å². The Labute approximate surface area is 153 Å². The number of amides is 2. The fourth-order valence-corrected chi connectivity index (χ4v) is 3.24. The maximum Gasteiger partial charge on any atom is 0.416 e. The van der Waals surface area contributed by atoms with Gasteiger partial charge in [-0.15, -0.1) is 0 Å². The number of rotatable bonds is 5. The molecule has 0 saturated carbocycles. The second kappa shape index (κ2) is 8.75. The highest BCUT2D eigenvalue weighted by Gasteiger charge is 2.30. The lowest BCUT2D eigenvalue weighted by Gasteiger charge is -2.33. The first-order valence-electron chi connectivity index (χ1n) is 9.11. The van der Waals surface area contributed by atoms with E-state index in [1.807, 2.05) is 0 Å². The zero-order valence-electron chi connectivity index (χ0n) is 15.6. The van der Waals surface area contributed by atoms with Crippen LogP contribution in [0.5, 0.6) is 0 Å². The van der Waals surface area contributed by atoms with E-state index in [9.17, 15) is 18.0 Å². The molecule has 0 spiro atoms. The van der Waals surface area contributed by atoms with Crippen LogP contribution in [-0.4, -0.2) is 36.6 Å². The fourth-order valence-electron chi connectivity index (χ4n) is 3.24. The van der Waals surface area contributed by atoms with Gasteiger partial charge in [0.25, 0.3) is 0 Å². The zero-order valence-corrected chi connectivity index (χ0v) is 15.6. The van der Waals surface area contributed by atoms with Crippen molar-refractivity contribution in [3.05, 3.63) is 35.4 Å². The summed E-state index contributed by atoms with van der Waals surface area (Å²) in [5.74, 6) is 0.632. The number of halogens is 3. The molecule has 1 atom stereocenters. The number of carbonyl (C=O) groups excluding carboxylic acids is 1. The predicted molar refractivity (Wildman–Crippen MR) is 95.8 cm³/mol. The highest BCUT2D eigenvalue weighted by atomic mass is 19.4. The van der Waals surface area contributed by atoms with Crippen LogP contribution in [-0.2, 0) is 6.18 Å². The van der Waals surface area contributed by atoms with Crippen molar-refractivity contribution < 1.29 is 18.0 Å². The highest BCUT2D eigenvalue weighted by Crippen LogP contribution is 2.29. The summed E-state index contributed by atoms with van der Waals surface area (Å²) in [5.41, 5.74) is -0.0500. The summed E-state index contributed by atoms with van der Waals surface area (Å²) in [6.07, 6.45) is -2.53. The number of nitrogens with one attached hydrogen (secondary N) is 2. The van der Waals surface area contributed by atoms with Gasteiger partial charge in [0.15, 0.2) is 0 Å². The Morgan fingerprint density at radius 2 is 1.73 bits per heavy atom. The first-order valence-corrected chi connectivity index (χ1v) is 9.11. The quantitative estimate of drug-likeness (QED) is 0.815. The predicted octanol–water partition coefficient (Wildman–Crippen LogP) is 4.19. The molecular formula is C19H28F3N3O. The normalized spacial score (nSPS) is 18.0. The Morgan fingerprint density at radius 3 is 2.23 bits per heavy atom. The van der Waals surface area contributed by atoms with Crippen LogP contribution in [0.15, 0.2) is 24.3 Å². The van der Waals surface area contributed by atoms with Crippen molar-refractivity contribution in [2.24, 2.45) is 5.92 Å². The van der Waals surface area contributed by atoms with Crippen LogP contribution in [0.25, 0.3) is 0 Å². The van der Waals surface area contributed by atoms with E-state index in [1.165, 1.54) is 12.1 Å². The van der Waals surface area contributed by atoms with Gasteiger partial charge in [0.1, 0.15) is 0 Å². The fraction of sp³-hybridized carbons (Fsp3) is 0.632. The Morgan fingerprint density at radius 1 is 1.15 bits per heavy atom. The molecular weight excluding hydrogens is 343 g/mol. The number of hydrogen-bond donors (Lipinski definition) is 2. The zero-order chi connectivity index (χ0) is 19.3. The van der Waals surface area contributed by atoms with Gasteiger partial charge in [-0.2, -0.15) is 13.2 Å². The lowest BCUT2D eigenvalue weighted by Crippen LogP contribution is -2.48. The molecule has 1 fully saturated rings. The molecule has 4 nitrogen and oxygen atoms in total. The summed E-state index contributed by atoms with van der Waals surface area (Å²) in [5, 5.41) is 5.77. The molecule has 2 N–H and O–H groups in total. The molecule has 1 aromatic carbocycles. The Kier molecular flexibility index (Phi) is 6.92. The van der Waals surface area contributed by atoms with E-state index >= 15 is 0 Å². The van der Waals surface area contributed by atoms with E-state index in [-0.39, 0.29) is 18.1 Å². The third kappa shape index (κ3) is 6.20. The number of piperidine rings is 1. The molecule has 0 radical (unpaired) electrons. The Balaban J connectivity index is 1.79. The molecule has 1 saturated heterocycles. The van der Waals surface area contributed by atoms with E-state index in [4.69, 9.17) is 0 Å². The number of carbonyl (C=O) groups is 1. The van der Waals surface area contributed by atoms with Gasteiger partial charge < -0.3 is 15.5 Å². The molecule has 7 heteroatoms. The SMILES string of the molecule is CC(C)CN1CCC(NC(=O)N[C@@H](C)c2ccc(C(F)(F)F)cc2)CC1. The Bertz CT molecular complexity index is 579. The number of benzene rings is 1. The van der Waals surface area contributed by atoms with Crippen molar-refractivity contribution in [1.29, 1.82) is 0 Å². The topological polar surface area (TPSA) is 44.4 Å². The van der Waals surface area contributed by atoms with Crippen LogP contribution in [0.3, 0.4) is 0 Å². The molecule has 0 bridgehead atoms. The minimum Gasteiger partial charge on any atom is -0.335 e. The molecule has 1 aliphatic rings. The molecule has 1 aromatic rings. The van der Waals surface area contributed by atoms with Crippen LogP contribution in [0.4, 0.5) is 18.0 Å². The van der Waals surface area contributed by atoms with Crippen molar-refractivity contribution in [3.63, 3.8) is 0 Å². The second-order valence-electron chi connectivity index (χ2n) is 7.43. The average molecular weight is 371 g/mol. The van der Waals surface area contributed by atoms with Gasteiger partial charge in [-0.1, -0.05) is 26.0 Å². The van der Waals surface area contributed by atoms with Crippen LogP contribution in [0.1, 0.15) is 50.8 Å². The van der Waals surface area contributed by atoms with Crippen LogP contribution in [0.2, 0.25) is 0 Å². The number of likely N-dealkylation sites (tertiary alicyclic amines) is 1. The van der Waals surface area contributed by atoms with Crippen molar-refractivity contribution in [3.8, 4) is 0 Å². The molecule has 0 aromatic heterocycles. The van der Waals surface area contributed by atoms with Gasteiger partial charge in [-0.3, -0.25) is 0 Å². The largest absolute Gasteiger partial charge is 0.416 e. The van der Waals surface area contributed by atoms with Crippen molar-refractivity contribution in [2.75, 3.05) is 19.6 Å². The van der Waals surface area contributed by atoms with Gasteiger partial charge in [0, 0.05) is 25.7 Å². The number of urea groups is 1. The van der Waals surface area contributed by atoms with Crippen molar-refractivity contribution >= 4 is 6.03 Å². The Hall–Kier alpha value is -1.76. The van der Waals surface area contributed by atoms with Gasteiger partial charge in [0.05, 0.1) is 11.6 Å². The summed E-state index contributed by atoms with van der Waals surface area (Å²) in [6, 6.07) is 4.37. The molecule has 2 amide bonds. The van der Waals surface area contributed by atoms with E-state index in [0.717, 1.165) is 44.6 Å². The molecule has 0 aliphatic carbocycles. The maximum atomic E-state index is 12.6. The third-order valence-corrected chi connectivity index (χ3v) is 4.63. The molecule has 1 aliphatic heterocycles. The van der Waals surface area contributed by atoms with E-state index in [2.05, 4.69) is 29.4 Å². The summed E-state index contributed by atoms with van der Waals surface area (Å²) in [4.78, 5) is 14.6. The van der Waals surface area contributed by atoms with Gasteiger partial charge in [-0.05, 0) is 43.4 Å². The lowest BCUT2D eigenvalue weighted by atomic mass is 10.0. The molecule has 2 rings (SSSR count). The number of nitrogens with zero attached hydrogens (tertiary/aromatic N) is 1. The summed E-state index contributed by atoms with van der Waals surface area (Å²) < 4.78 is 37.8. The van der Waals surface area contributed by atoms with Crippen LogP contribution in [0, 0.1) is 5.92 Å². The lowest BCUT2D eigenvalue weighted by molar-refractivity contribution is -0.137. The third-order valence-electron chi connectivity index (χ3n) is 4.63. The summed E-state index contributed by atoms with van der Waals surface area (Å²) in [7, 11) is 0. The average Bonchev–Trinajstić information content (AvgIpc) is 2.55. The van der Waals surface area contributed by atoms with Crippen molar-refractivity contribution in [1.82, 2.24) is 15.5 Å². The monoisotopic (exact) mass is 371 g/mol. The van der Waals surface area contributed by atoms with E-state index in [1.54, 1.807) is 6.92 Å². The highest BCUT2D eigenvalue weighted by molar-refractivity contribution is 5.74. The first kappa shape index (κ1) is 20.6. The van der Waals surface area contributed by atoms with Gasteiger partial charge in [-0.25, -0.2) is 4.79 Å². The smallest absolute Gasteiger partial charge is 0.335 e. The standard InChI is InChI=1S/C19H28F3N3O/c1-13(2)12-25-10-8-17(9-11-25)24-18(26)23-14(3)15-4-6-16(7-5-15)19(20,21)22/h4-7,13-14,17H,8-12H2,1-3H3,(H2,23,24,26)/t14-/m0/s1. The molecule has 1 heterocycles. The summed E-state index contributed by atoms with van der Waals surface area (Å²) in [6.45, 7) is 9.16. The molecule has 146 valence electrons. The second-order valence-corrected chi connectivity index (χ2v) is 7.43. The molecule has 0 unspecified atom stereocenters. The minimum atomic E-state index is -4.35. The minimum absolute atomic E-state index is 0.137. The van der Waals surface area contributed by atoms with Crippen molar-refractivity contribution in [2.45, 2.75) is 51.9 Å². The number of hydrogen-bond acceptors (Lipinski definition) is 2. The van der Waals surface area contributed by atoms with E-state index in [0.29, 0.717) is 11.5 Å². The first-order chi connectivity index (χ1) is 12.1. The van der Waals surface area contributed by atoms with Crippen LogP contribution >= 0.6 is 0 Å². The van der Waals surface area contributed by atoms with E-state index < -0.39 is 11.7 Å². The summed E-state index contributed by atoms with van der Waals surface area (Å²) >= 11 is 0. The van der Waals surface area contributed by atoms with Crippen LogP contribution < -0.4 is 10.6 Å². The maximum absolute atomic E-state index is 12.6.